The van der Waals surface area contributed by atoms with Crippen molar-refractivity contribution < 1.29 is 0 Å². The molecular formula is C16H27N3O2. The number of nitrogens with zero attached hydrogens (tertiary/aromatic N) is 2. The Morgan fingerprint density at radius 2 is 1.86 bits per heavy atom. The molecule has 1 N–H and O–H groups in total. The molecule has 1 heterocycles. The zero-order valence-corrected chi connectivity index (χ0v) is 13.4. The van der Waals surface area contributed by atoms with Gasteiger partial charge in [-0.1, -0.05) is 26.2 Å². The average molecular weight is 293 g/mol. The second-order valence-corrected chi connectivity index (χ2v) is 6.17. The second kappa shape index (κ2) is 7.07. The fourth-order valence-electron chi connectivity index (χ4n) is 3.36. The van der Waals surface area contributed by atoms with Crippen LogP contribution in [-0.4, -0.2) is 15.2 Å². The molecule has 0 amide bonds. The average Bonchev–Trinajstić information content (AvgIpc) is 2.51. The predicted molar refractivity (Wildman–Crippen MR) is 84.4 cm³/mol. The van der Waals surface area contributed by atoms with E-state index in [9.17, 15) is 9.59 Å². The van der Waals surface area contributed by atoms with Gasteiger partial charge in [0, 0.05) is 38.4 Å². The van der Waals surface area contributed by atoms with Crippen molar-refractivity contribution in [3.05, 3.63) is 32.6 Å². The lowest BCUT2D eigenvalue weighted by atomic mass is 9.83. The summed E-state index contributed by atoms with van der Waals surface area (Å²) in [7, 11) is 3.24. The summed E-state index contributed by atoms with van der Waals surface area (Å²) in [5.74, 6) is 0.729. The van der Waals surface area contributed by atoms with Gasteiger partial charge in [-0.05, 0) is 25.2 Å². The summed E-state index contributed by atoms with van der Waals surface area (Å²) in [6.45, 7) is 2.78. The van der Waals surface area contributed by atoms with Crippen LogP contribution >= 0.6 is 0 Å². The van der Waals surface area contributed by atoms with E-state index in [1.807, 2.05) is 0 Å². The Labute approximate surface area is 126 Å². The fraction of sp³-hybridized carbons (Fsp3) is 0.750. The maximum absolute atomic E-state index is 11.9. The first kappa shape index (κ1) is 16.0. The predicted octanol–water partition coefficient (Wildman–Crippen LogP) is 1.53. The van der Waals surface area contributed by atoms with Crippen molar-refractivity contribution >= 4 is 0 Å². The van der Waals surface area contributed by atoms with Crippen molar-refractivity contribution in [2.24, 2.45) is 20.0 Å². The molecule has 1 fully saturated rings. The first-order valence-electron chi connectivity index (χ1n) is 8.04. The van der Waals surface area contributed by atoms with E-state index >= 15 is 0 Å². The van der Waals surface area contributed by atoms with Crippen molar-refractivity contribution in [1.82, 2.24) is 14.5 Å². The van der Waals surface area contributed by atoms with Crippen LogP contribution in [-0.2, 0) is 20.6 Å². The quantitative estimate of drug-likeness (QED) is 0.896. The van der Waals surface area contributed by atoms with Gasteiger partial charge >= 0.3 is 5.69 Å². The maximum atomic E-state index is 11.9. The molecule has 118 valence electrons. The molecule has 1 saturated carbocycles. The third-order valence-electron chi connectivity index (χ3n) is 4.83. The molecule has 0 saturated heterocycles. The van der Waals surface area contributed by atoms with Gasteiger partial charge in [-0.15, -0.1) is 0 Å². The molecule has 1 aliphatic rings. The van der Waals surface area contributed by atoms with Gasteiger partial charge < -0.3 is 5.32 Å². The van der Waals surface area contributed by atoms with Gasteiger partial charge in [-0.25, -0.2) is 4.79 Å². The van der Waals surface area contributed by atoms with Crippen molar-refractivity contribution in [3.8, 4) is 0 Å². The Morgan fingerprint density at radius 3 is 2.48 bits per heavy atom. The van der Waals surface area contributed by atoms with E-state index in [0.717, 1.165) is 22.6 Å². The highest BCUT2D eigenvalue weighted by Crippen LogP contribution is 2.27. The zero-order valence-electron chi connectivity index (χ0n) is 13.4. The van der Waals surface area contributed by atoms with Crippen LogP contribution in [0.3, 0.4) is 0 Å². The molecule has 5 heteroatoms. The highest BCUT2D eigenvalue weighted by atomic mass is 16.2. The van der Waals surface area contributed by atoms with Gasteiger partial charge in [0.05, 0.1) is 0 Å². The van der Waals surface area contributed by atoms with Gasteiger partial charge in [-0.3, -0.25) is 13.9 Å². The van der Waals surface area contributed by atoms with E-state index < -0.39 is 0 Å². The summed E-state index contributed by atoms with van der Waals surface area (Å²) in [5, 5.41) is 3.56. The molecule has 0 spiro atoms. The SMILES string of the molecule is CCC(NCc1cc(=O)n(C)c(=O)n1C)C1CCCCC1. The molecular weight excluding hydrogens is 266 g/mol. The minimum absolute atomic E-state index is 0.236. The molecule has 5 nitrogen and oxygen atoms in total. The lowest BCUT2D eigenvalue weighted by Gasteiger charge is -2.30. The Morgan fingerprint density at radius 1 is 1.19 bits per heavy atom. The van der Waals surface area contributed by atoms with Crippen LogP contribution in [0.5, 0.6) is 0 Å². The maximum Gasteiger partial charge on any atom is 0.330 e. The van der Waals surface area contributed by atoms with Gasteiger partial charge in [0.25, 0.3) is 5.56 Å². The zero-order chi connectivity index (χ0) is 15.4. The smallest absolute Gasteiger partial charge is 0.308 e. The molecule has 2 rings (SSSR count). The number of rotatable bonds is 5. The highest BCUT2D eigenvalue weighted by Gasteiger charge is 2.22. The Bertz CT molecular complexity index is 582. The second-order valence-electron chi connectivity index (χ2n) is 6.17. The Balaban J connectivity index is 2.08. The van der Waals surface area contributed by atoms with Crippen molar-refractivity contribution in [2.45, 2.75) is 58.0 Å². The van der Waals surface area contributed by atoms with E-state index in [4.69, 9.17) is 0 Å². The van der Waals surface area contributed by atoms with E-state index in [1.165, 1.54) is 39.2 Å². The molecule has 1 aromatic rings. The lowest BCUT2D eigenvalue weighted by molar-refractivity contribution is 0.260. The third-order valence-corrected chi connectivity index (χ3v) is 4.83. The van der Waals surface area contributed by atoms with E-state index in [0.29, 0.717) is 12.6 Å². The molecule has 0 aromatic carbocycles. The van der Waals surface area contributed by atoms with Gasteiger partial charge in [0.1, 0.15) is 0 Å². The Hall–Kier alpha value is -1.36. The number of hydrogen-bond acceptors (Lipinski definition) is 3. The third kappa shape index (κ3) is 3.64. The van der Waals surface area contributed by atoms with Crippen LogP contribution in [0.25, 0.3) is 0 Å². The minimum Gasteiger partial charge on any atom is -0.308 e. The number of aromatic nitrogens is 2. The number of nitrogens with one attached hydrogen (secondary N) is 1. The summed E-state index contributed by atoms with van der Waals surface area (Å²) < 4.78 is 2.70. The van der Waals surface area contributed by atoms with Crippen LogP contribution < -0.4 is 16.6 Å². The summed E-state index contributed by atoms with van der Waals surface area (Å²) >= 11 is 0. The van der Waals surface area contributed by atoms with Crippen LogP contribution in [0.1, 0.15) is 51.1 Å². The molecule has 0 bridgehead atoms. The van der Waals surface area contributed by atoms with Gasteiger partial charge in [0.2, 0.25) is 0 Å². The van der Waals surface area contributed by atoms with E-state index in [-0.39, 0.29) is 11.2 Å². The molecule has 0 radical (unpaired) electrons. The van der Waals surface area contributed by atoms with Crippen LogP contribution in [0, 0.1) is 5.92 Å². The van der Waals surface area contributed by atoms with Gasteiger partial charge in [-0.2, -0.15) is 0 Å². The highest BCUT2D eigenvalue weighted by molar-refractivity contribution is 5.02. The molecule has 1 atom stereocenters. The molecule has 1 aromatic heterocycles. The van der Waals surface area contributed by atoms with Gasteiger partial charge in [0.15, 0.2) is 0 Å². The normalized spacial score (nSPS) is 17.9. The Kier molecular flexibility index (Phi) is 5.39. The van der Waals surface area contributed by atoms with E-state index in [1.54, 1.807) is 17.7 Å². The minimum atomic E-state index is -0.259. The number of hydrogen-bond donors (Lipinski definition) is 1. The monoisotopic (exact) mass is 293 g/mol. The molecule has 1 unspecified atom stereocenters. The van der Waals surface area contributed by atoms with Crippen molar-refractivity contribution in [1.29, 1.82) is 0 Å². The topological polar surface area (TPSA) is 56.0 Å². The van der Waals surface area contributed by atoms with Crippen LogP contribution in [0.4, 0.5) is 0 Å². The lowest BCUT2D eigenvalue weighted by Crippen LogP contribution is -2.41. The van der Waals surface area contributed by atoms with Crippen molar-refractivity contribution in [2.75, 3.05) is 0 Å². The summed E-state index contributed by atoms with van der Waals surface area (Å²) in [5.41, 5.74) is 0.267. The van der Waals surface area contributed by atoms with Crippen LogP contribution in [0.15, 0.2) is 15.7 Å². The van der Waals surface area contributed by atoms with E-state index in [2.05, 4.69) is 12.2 Å². The molecule has 0 aliphatic heterocycles. The standard InChI is InChI=1S/C16H27N3O2/c1-4-14(12-8-6-5-7-9-12)17-11-13-10-15(20)19(3)16(21)18(13)2/h10,12,14,17H,4-9,11H2,1-3H3. The summed E-state index contributed by atoms with van der Waals surface area (Å²) in [4.78, 5) is 23.7. The first-order chi connectivity index (χ1) is 10.0. The largest absolute Gasteiger partial charge is 0.330 e. The fourth-order valence-corrected chi connectivity index (χ4v) is 3.36. The molecule has 1 aliphatic carbocycles. The first-order valence-corrected chi connectivity index (χ1v) is 8.04. The summed E-state index contributed by atoms with van der Waals surface area (Å²) in [6.07, 6.45) is 7.68. The van der Waals surface area contributed by atoms with Crippen molar-refractivity contribution in [3.63, 3.8) is 0 Å². The van der Waals surface area contributed by atoms with Crippen LogP contribution in [0.2, 0.25) is 0 Å². The summed E-state index contributed by atoms with van der Waals surface area (Å²) in [6, 6.07) is 2.03. The molecule has 21 heavy (non-hydrogen) atoms.